The standard InChI is InChI=1S/C4H8Cl2S.C4H10O2S.H2/c2*5-1-3-7-4-2-6;/h1-4H2;5-6H,1-4H2;1H. The highest BCUT2D eigenvalue weighted by atomic mass is 35.5. The van der Waals surface area contributed by atoms with Crippen molar-refractivity contribution in [1.29, 1.82) is 0 Å². The number of hydrogen-bond donors (Lipinski definition) is 2. The number of aliphatic hydroxyl groups is 2. The lowest BCUT2D eigenvalue weighted by Gasteiger charge is -1.90. The summed E-state index contributed by atoms with van der Waals surface area (Å²) in [5, 5.41) is 16.4. The molecule has 0 unspecified atom stereocenters. The number of alkyl halides is 2. The highest BCUT2D eigenvalue weighted by Crippen LogP contribution is 1.99. The Morgan fingerprint density at radius 2 is 1.14 bits per heavy atom. The first-order valence-electron chi connectivity index (χ1n) is 4.32. The van der Waals surface area contributed by atoms with Gasteiger partial charge in [-0.15, -0.1) is 23.2 Å². The molecule has 0 heterocycles. The van der Waals surface area contributed by atoms with E-state index in [4.69, 9.17) is 33.4 Å². The van der Waals surface area contributed by atoms with Crippen molar-refractivity contribution in [3.8, 4) is 0 Å². The highest BCUT2D eigenvalue weighted by molar-refractivity contribution is 7.99. The quantitative estimate of drug-likeness (QED) is 0.529. The van der Waals surface area contributed by atoms with Gasteiger partial charge >= 0.3 is 0 Å². The Labute approximate surface area is 106 Å². The Hall–Kier alpha value is 1.20. The normalized spacial score (nSPS) is 9.43. The predicted molar refractivity (Wildman–Crippen MR) is 72.4 cm³/mol. The Kier molecular flexibility index (Phi) is 24.8. The fourth-order valence-corrected chi connectivity index (χ4v) is 1.98. The molecule has 0 aromatic rings. The molecule has 0 aliphatic rings. The van der Waals surface area contributed by atoms with Crippen LogP contribution < -0.4 is 0 Å². The zero-order valence-electron chi connectivity index (χ0n) is 8.12. The van der Waals surface area contributed by atoms with Crippen LogP contribution in [0.5, 0.6) is 0 Å². The smallest absolute Gasteiger partial charge is 0.0521 e. The van der Waals surface area contributed by atoms with Gasteiger partial charge in [0.1, 0.15) is 0 Å². The van der Waals surface area contributed by atoms with Crippen LogP contribution >= 0.6 is 46.7 Å². The SMILES string of the molecule is ClCCSCCCl.OCCSCCO.[HH]. The van der Waals surface area contributed by atoms with E-state index >= 15 is 0 Å². The van der Waals surface area contributed by atoms with Gasteiger partial charge in [0.2, 0.25) is 0 Å². The third-order valence-corrected chi connectivity index (χ3v) is 3.67. The lowest BCUT2D eigenvalue weighted by Crippen LogP contribution is -1.91. The van der Waals surface area contributed by atoms with Crippen LogP contribution in [-0.2, 0) is 0 Å². The topological polar surface area (TPSA) is 40.5 Å². The summed E-state index contributed by atoms with van der Waals surface area (Å²) in [7, 11) is 0. The zero-order chi connectivity index (χ0) is 11.1. The molecule has 0 bridgehead atoms. The van der Waals surface area contributed by atoms with Crippen LogP contribution in [0, 0.1) is 0 Å². The van der Waals surface area contributed by atoms with E-state index in [0.29, 0.717) is 0 Å². The van der Waals surface area contributed by atoms with Gasteiger partial charge in [0.15, 0.2) is 0 Å². The van der Waals surface area contributed by atoms with Gasteiger partial charge in [-0.2, -0.15) is 23.5 Å². The lowest BCUT2D eigenvalue weighted by molar-refractivity contribution is 0.318. The number of halogens is 2. The molecule has 0 saturated heterocycles. The summed E-state index contributed by atoms with van der Waals surface area (Å²) in [6.45, 7) is 0.426. The Bertz CT molecular complexity index is 77.0. The molecule has 0 amide bonds. The summed E-state index contributed by atoms with van der Waals surface area (Å²) in [5.41, 5.74) is 0. The average Bonchev–Trinajstić information content (AvgIpc) is 2.21. The molecule has 90 valence electrons. The van der Waals surface area contributed by atoms with Crippen LogP contribution in [0.3, 0.4) is 0 Å². The predicted octanol–water partition coefficient (Wildman–Crippen LogP) is 2.15. The molecular weight excluding hydrogens is 263 g/mol. The van der Waals surface area contributed by atoms with Crippen molar-refractivity contribution in [2.24, 2.45) is 0 Å². The summed E-state index contributed by atoms with van der Waals surface area (Å²) in [5.74, 6) is 4.99. The van der Waals surface area contributed by atoms with Crippen molar-refractivity contribution in [3.63, 3.8) is 0 Å². The summed E-state index contributed by atoms with van der Waals surface area (Å²) >= 11 is 14.1. The van der Waals surface area contributed by atoms with E-state index in [-0.39, 0.29) is 14.6 Å². The maximum Gasteiger partial charge on any atom is 0.0521 e. The molecule has 2 N–H and O–H groups in total. The second-order valence-electron chi connectivity index (χ2n) is 2.05. The molecule has 0 aromatic heterocycles. The number of aliphatic hydroxyl groups excluding tert-OH is 2. The first-order valence-corrected chi connectivity index (χ1v) is 7.70. The molecule has 0 saturated carbocycles. The van der Waals surface area contributed by atoms with Crippen LogP contribution in [0.25, 0.3) is 0 Å². The van der Waals surface area contributed by atoms with Crippen LogP contribution in [0.1, 0.15) is 1.43 Å². The van der Waals surface area contributed by atoms with Crippen molar-refractivity contribution < 1.29 is 11.6 Å². The zero-order valence-corrected chi connectivity index (χ0v) is 11.3. The van der Waals surface area contributed by atoms with E-state index in [2.05, 4.69) is 0 Å². The fraction of sp³-hybridized carbons (Fsp3) is 1.00. The summed E-state index contributed by atoms with van der Waals surface area (Å²) in [6.07, 6.45) is 0. The average molecular weight is 283 g/mol. The molecule has 0 radical (unpaired) electrons. The van der Waals surface area contributed by atoms with Crippen molar-refractivity contribution >= 4 is 46.7 Å². The summed E-state index contributed by atoms with van der Waals surface area (Å²) in [4.78, 5) is 0. The van der Waals surface area contributed by atoms with Crippen molar-refractivity contribution in [2.45, 2.75) is 0 Å². The molecule has 2 nitrogen and oxygen atoms in total. The van der Waals surface area contributed by atoms with E-state index in [1.54, 1.807) is 23.5 Å². The van der Waals surface area contributed by atoms with Gasteiger partial charge in [0.05, 0.1) is 13.2 Å². The van der Waals surface area contributed by atoms with Crippen molar-refractivity contribution in [3.05, 3.63) is 0 Å². The van der Waals surface area contributed by atoms with E-state index in [1.807, 2.05) is 0 Å². The third kappa shape index (κ3) is 23.2. The monoisotopic (exact) mass is 282 g/mol. The first-order chi connectivity index (χ1) is 6.83. The molecule has 0 spiro atoms. The van der Waals surface area contributed by atoms with Gasteiger partial charge in [0, 0.05) is 36.2 Å². The van der Waals surface area contributed by atoms with Crippen molar-refractivity contribution in [2.75, 3.05) is 48.0 Å². The van der Waals surface area contributed by atoms with Crippen LogP contribution in [-0.4, -0.2) is 58.2 Å². The van der Waals surface area contributed by atoms with Gasteiger partial charge in [-0.1, -0.05) is 0 Å². The van der Waals surface area contributed by atoms with Gasteiger partial charge in [-0.3, -0.25) is 0 Å². The minimum Gasteiger partial charge on any atom is -0.396 e. The molecular formula is C8H20Cl2O2S2. The maximum atomic E-state index is 8.19. The minimum absolute atomic E-state index is 0. The maximum absolute atomic E-state index is 8.19. The molecule has 0 atom stereocenters. The number of thioether (sulfide) groups is 2. The minimum atomic E-state index is 0. The first kappa shape index (κ1) is 17.6. The number of hydrogen-bond acceptors (Lipinski definition) is 4. The van der Waals surface area contributed by atoms with E-state index in [0.717, 1.165) is 34.8 Å². The molecule has 0 aliphatic carbocycles. The molecule has 0 fully saturated rings. The molecule has 14 heavy (non-hydrogen) atoms. The Balaban J connectivity index is -0.000000180. The van der Waals surface area contributed by atoms with Gasteiger partial charge in [0.25, 0.3) is 0 Å². The Morgan fingerprint density at radius 1 is 0.786 bits per heavy atom. The van der Waals surface area contributed by atoms with Gasteiger partial charge < -0.3 is 10.2 Å². The van der Waals surface area contributed by atoms with Crippen LogP contribution in [0.2, 0.25) is 0 Å². The Morgan fingerprint density at radius 3 is 1.43 bits per heavy atom. The van der Waals surface area contributed by atoms with E-state index in [1.165, 1.54) is 0 Å². The van der Waals surface area contributed by atoms with Gasteiger partial charge in [-0.05, 0) is 0 Å². The summed E-state index contributed by atoms with van der Waals surface area (Å²) < 4.78 is 0. The molecule has 0 aromatic carbocycles. The van der Waals surface area contributed by atoms with Gasteiger partial charge in [-0.25, -0.2) is 0 Å². The van der Waals surface area contributed by atoms with E-state index < -0.39 is 0 Å². The molecule has 0 aliphatic heterocycles. The largest absolute Gasteiger partial charge is 0.396 e. The highest BCUT2D eigenvalue weighted by Gasteiger charge is 1.82. The molecule has 0 rings (SSSR count). The summed E-state index contributed by atoms with van der Waals surface area (Å²) in [6, 6.07) is 0. The lowest BCUT2D eigenvalue weighted by atomic mass is 10.9. The third-order valence-electron chi connectivity index (χ3n) is 0.914. The fourth-order valence-electron chi connectivity index (χ4n) is 0.442. The van der Waals surface area contributed by atoms with E-state index in [9.17, 15) is 0 Å². The van der Waals surface area contributed by atoms with Crippen LogP contribution in [0.15, 0.2) is 0 Å². The second kappa shape index (κ2) is 19.7. The van der Waals surface area contributed by atoms with Crippen LogP contribution in [0.4, 0.5) is 0 Å². The number of rotatable bonds is 8. The molecule has 6 heteroatoms. The second-order valence-corrected chi connectivity index (χ2v) is 5.26. The van der Waals surface area contributed by atoms with Crippen molar-refractivity contribution in [1.82, 2.24) is 0 Å².